The van der Waals surface area contributed by atoms with E-state index in [-0.39, 0.29) is 38.1 Å². The van der Waals surface area contributed by atoms with E-state index in [1.165, 1.54) is 18.3 Å². The second kappa shape index (κ2) is 24.3. The van der Waals surface area contributed by atoms with Gasteiger partial charge in [-0.2, -0.15) is 0 Å². The number of ether oxygens (including phenoxy) is 6. The van der Waals surface area contributed by atoms with Crippen LogP contribution in [-0.2, 0) is 42.8 Å². The summed E-state index contributed by atoms with van der Waals surface area (Å²) >= 11 is 0. The van der Waals surface area contributed by atoms with E-state index in [0.29, 0.717) is 56.4 Å². The summed E-state index contributed by atoms with van der Waals surface area (Å²) in [6, 6.07) is 0. The number of terminal acetylenes is 1. The van der Waals surface area contributed by atoms with E-state index in [0.717, 1.165) is 0 Å². The summed E-state index contributed by atoms with van der Waals surface area (Å²) in [6.45, 7) is 13.2. The van der Waals surface area contributed by atoms with Gasteiger partial charge in [0.1, 0.15) is 36.6 Å². The van der Waals surface area contributed by atoms with Crippen molar-refractivity contribution in [3.8, 4) is 12.3 Å². The second-order valence-electron chi connectivity index (χ2n) is 13.9. The molecule has 10 unspecified atom stereocenters. The molecule has 0 aromatic carbocycles. The van der Waals surface area contributed by atoms with Gasteiger partial charge in [0.2, 0.25) is 5.91 Å². The number of methoxy groups -OCH3 is 1. The third kappa shape index (κ3) is 14.9. The third-order valence-corrected chi connectivity index (χ3v) is 8.79. The Morgan fingerprint density at radius 1 is 0.964 bits per heavy atom. The van der Waals surface area contributed by atoms with Gasteiger partial charge in [0.15, 0.2) is 18.5 Å². The normalized spacial score (nSPS) is 29.5. The molecule has 3 fully saturated rings. The van der Waals surface area contributed by atoms with Crippen molar-refractivity contribution in [2.45, 2.75) is 102 Å². The standard InChI is InChI=1S/C33H58N6O13.C3H4/c1-17(2)25-21(40)22(41)27(29(50-25)32(46)37-9-6-8-36-30(44)18(3)4)51-33-24(43)23(42)26(47-5)28(52-33)31(45)38-10-7-11-39(35)12-20(34)16-49-15-19-13-48-14-19;1-3-2/h12,17,19,21-29,33,40-43H,3,6-11,13-16,34-35H2,1-2,4-5H3,(H,36,44)(H,37,46)(H,38,45);1H,2H3/b20-12-;. The van der Waals surface area contributed by atoms with Crippen molar-refractivity contribution in [3.05, 3.63) is 24.0 Å². The maximum absolute atomic E-state index is 13.4. The lowest BCUT2D eigenvalue weighted by Crippen LogP contribution is -2.67. The molecule has 3 aliphatic rings. The number of carbonyl (C=O) groups excluding carboxylic acids is 3. The number of nitrogens with zero attached hydrogens (tertiary/aromatic N) is 1. The molecule has 0 spiro atoms. The number of nitrogens with one attached hydrogen (secondary N) is 3. The Morgan fingerprint density at radius 2 is 1.53 bits per heavy atom. The van der Waals surface area contributed by atoms with Crippen molar-refractivity contribution in [2.75, 3.05) is 59.7 Å². The zero-order valence-electron chi connectivity index (χ0n) is 32.4. The molecule has 10 atom stereocenters. The topological polar surface area (TPSA) is 279 Å². The van der Waals surface area contributed by atoms with E-state index in [4.69, 9.17) is 40.0 Å². The van der Waals surface area contributed by atoms with Crippen LogP contribution in [0.2, 0.25) is 0 Å². The Balaban J connectivity index is 0.00000337. The van der Waals surface area contributed by atoms with Gasteiger partial charge in [-0.25, -0.2) is 5.84 Å². The molecular formula is C36H62N6O13. The summed E-state index contributed by atoms with van der Waals surface area (Å²) in [5, 5.41) is 53.2. The van der Waals surface area contributed by atoms with Gasteiger partial charge < -0.3 is 75.5 Å². The van der Waals surface area contributed by atoms with Gasteiger partial charge in [-0.15, -0.1) is 12.3 Å². The minimum Gasteiger partial charge on any atom is -0.399 e. The number of hydrogen-bond acceptors (Lipinski definition) is 16. The lowest BCUT2D eigenvalue weighted by molar-refractivity contribution is -0.333. The van der Waals surface area contributed by atoms with Crippen LogP contribution >= 0.6 is 0 Å². The van der Waals surface area contributed by atoms with Gasteiger partial charge in [-0.1, -0.05) is 20.4 Å². The highest BCUT2D eigenvalue weighted by Crippen LogP contribution is 2.32. The molecule has 19 heteroatoms. The first-order valence-electron chi connectivity index (χ1n) is 18.3. The van der Waals surface area contributed by atoms with Gasteiger partial charge in [0.25, 0.3) is 11.8 Å². The van der Waals surface area contributed by atoms with Gasteiger partial charge in [0, 0.05) is 51.0 Å². The number of amides is 3. The van der Waals surface area contributed by atoms with Crippen molar-refractivity contribution in [2.24, 2.45) is 23.4 Å². The molecule has 0 bridgehead atoms. The molecule has 0 aromatic heterocycles. The maximum Gasteiger partial charge on any atom is 0.252 e. The van der Waals surface area contributed by atoms with Gasteiger partial charge in [-0.3, -0.25) is 14.4 Å². The first kappa shape index (κ1) is 47.8. The van der Waals surface area contributed by atoms with Crippen LogP contribution < -0.4 is 27.5 Å². The van der Waals surface area contributed by atoms with Crippen LogP contribution in [0.5, 0.6) is 0 Å². The van der Waals surface area contributed by atoms with Gasteiger partial charge >= 0.3 is 0 Å². The number of aliphatic hydroxyl groups excluding tert-OH is 4. The van der Waals surface area contributed by atoms with Crippen LogP contribution in [0.15, 0.2) is 24.0 Å². The maximum atomic E-state index is 13.4. The van der Waals surface area contributed by atoms with E-state index in [1.807, 2.05) is 0 Å². The van der Waals surface area contributed by atoms with Gasteiger partial charge in [0.05, 0.1) is 38.2 Å². The quantitative estimate of drug-likeness (QED) is 0.0195. The molecular weight excluding hydrogens is 724 g/mol. The number of rotatable bonds is 20. The van der Waals surface area contributed by atoms with Crippen molar-refractivity contribution < 1.29 is 63.2 Å². The molecule has 11 N–H and O–H groups in total. The molecule has 314 valence electrons. The minimum absolute atomic E-state index is 0.114. The molecule has 3 amide bonds. The molecule has 3 saturated heterocycles. The fourth-order valence-corrected chi connectivity index (χ4v) is 5.75. The summed E-state index contributed by atoms with van der Waals surface area (Å²) in [4.78, 5) is 38.3. The fraction of sp³-hybridized carbons (Fsp3) is 0.750. The Labute approximate surface area is 323 Å². The Hall–Kier alpha value is -3.39. The number of hydrogen-bond donors (Lipinski definition) is 9. The molecule has 0 aliphatic carbocycles. The molecule has 3 aliphatic heterocycles. The highest BCUT2D eigenvalue weighted by Gasteiger charge is 2.54. The first-order chi connectivity index (χ1) is 26.1. The zero-order chi connectivity index (χ0) is 41.2. The highest BCUT2D eigenvalue weighted by molar-refractivity contribution is 5.92. The molecule has 19 nitrogen and oxygen atoms in total. The molecule has 3 rings (SSSR count). The van der Waals surface area contributed by atoms with Crippen LogP contribution in [0.3, 0.4) is 0 Å². The Bertz CT molecular complexity index is 1300. The average Bonchev–Trinajstić information content (AvgIpc) is 3.11. The summed E-state index contributed by atoms with van der Waals surface area (Å²) < 4.78 is 33.5. The van der Waals surface area contributed by atoms with Crippen molar-refractivity contribution >= 4 is 17.7 Å². The third-order valence-electron chi connectivity index (χ3n) is 8.79. The average molecular weight is 787 g/mol. The number of aliphatic hydroxyl groups is 4. The van der Waals surface area contributed by atoms with Crippen molar-refractivity contribution in [1.82, 2.24) is 21.0 Å². The molecule has 55 heavy (non-hydrogen) atoms. The van der Waals surface area contributed by atoms with Crippen LogP contribution in [0.4, 0.5) is 0 Å². The van der Waals surface area contributed by atoms with E-state index in [9.17, 15) is 34.8 Å². The van der Waals surface area contributed by atoms with Crippen molar-refractivity contribution in [3.63, 3.8) is 0 Å². The summed E-state index contributed by atoms with van der Waals surface area (Å²) in [5.74, 6) is 6.57. The smallest absolute Gasteiger partial charge is 0.252 e. The van der Waals surface area contributed by atoms with Crippen LogP contribution in [-0.4, -0.2) is 164 Å². The number of hydrazine groups is 1. The first-order valence-corrected chi connectivity index (χ1v) is 18.3. The summed E-state index contributed by atoms with van der Waals surface area (Å²) in [7, 11) is 1.23. The minimum atomic E-state index is -1.80. The highest BCUT2D eigenvalue weighted by atomic mass is 16.7. The lowest BCUT2D eigenvalue weighted by Gasteiger charge is -2.47. The lowest BCUT2D eigenvalue weighted by atomic mass is 9.88. The Kier molecular flexibility index (Phi) is 21.1. The predicted octanol–water partition coefficient (Wildman–Crippen LogP) is -3.04. The molecule has 0 aromatic rings. The van der Waals surface area contributed by atoms with E-state index < -0.39 is 73.0 Å². The number of nitrogens with two attached hydrogens (primary N) is 2. The largest absolute Gasteiger partial charge is 0.399 e. The zero-order valence-corrected chi connectivity index (χ0v) is 32.4. The van der Waals surface area contributed by atoms with Crippen LogP contribution in [0, 0.1) is 24.2 Å². The second-order valence-corrected chi connectivity index (χ2v) is 13.9. The summed E-state index contributed by atoms with van der Waals surface area (Å²) in [6.07, 6.45) is -8.44. The molecule has 3 heterocycles. The molecule has 0 radical (unpaired) electrons. The fourth-order valence-electron chi connectivity index (χ4n) is 5.75. The Morgan fingerprint density at radius 3 is 2.07 bits per heavy atom. The van der Waals surface area contributed by atoms with Gasteiger partial charge in [-0.05, 0) is 32.6 Å². The van der Waals surface area contributed by atoms with E-state index in [2.05, 4.69) is 34.9 Å². The number of carbonyl (C=O) groups is 3. The monoisotopic (exact) mass is 786 g/mol. The van der Waals surface area contributed by atoms with E-state index in [1.54, 1.807) is 27.7 Å². The van der Waals surface area contributed by atoms with Crippen LogP contribution in [0.1, 0.15) is 40.5 Å². The SMILES string of the molecule is C#CC.C=C(C)C(=O)NCCCNC(=O)C1OC(C(C)C)C(O)C(O)C1OC1OC(C(=O)NCCCN(N)/C=C(\N)COCC2COC2)C(OC)C(O)C1O. The van der Waals surface area contributed by atoms with Crippen LogP contribution in [0.25, 0.3) is 0 Å². The predicted molar refractivity (Wildman–Crippen MR) is 198 cm³/mol. The summed E-state index contributed by atoms with van der Waals surface area (Å²) in [5.41, 5.74) is 6.73. The molecule has 0 saturated carbocycles. The van der Waals surface area contributed by atoms with E-state index >= 15 is 0 Å². The van der Waals surface area contributed by atoms with Crippen molar-refractivity contribution in [1.29, 1.82) is 0 Å².